The first kappa shape index (κ1) is 14.2. The molecule has 0 atom stereocenters. The van der Waals surface area contributed by atoms with Crippen molar-refractivity contribution in [1.29, 1.82) is 0 Å². The summed E-state index contributed by atoms with van der Waals surface area (Å²) in [6.07, 6.45) is 0. The molecule has 0 saturated carbocycles. The summed E-state index contributed by atoms with van der Waals surface area (Å²) < 4.78 is 0.945. The smallest absolute Gasteiger partial charge is 0.206 e. The van der Waals surface area contributed by atoms with Gasteiger partial charge >= 0.3 is 0 Å². The quantitative estimate of drug-likeness (QED) is 0.727. The van der Waals surface area contributed by atoms with Crippen LogP contribution in [0, 0.1) is 6.92 Å². The standard InChI is InChI=1S/C14H15N5S2/c1-3-15-13-18-19-14(21-13)20-8-12-9(2)16-10-6-4-5-7-11(10)17-12/h4-7H,3,8H2,1-2H3,(H,15,18). The normalized spacial score (nSPS) is 11.0. The molecule has 0 radical (unpaired) electrons. The molecule has 0 aliphatic heterocycles. The third-order valence-electron chi connectivity index (χ3n) is 2.91. The molecule has 0 saturated heterocycles. The third kappa shape index (κ3) is 3.30. The Labute approximate surface area is 131 Å². The number of hydrogen-bond donors (Lipinski definition) is 1. The predicted molar refractivity (Wildman–Crippen MR) is 87.9 cm³/mol. The van der Waals surface area contributed by atoms with Gasteiger partial charge in [-0.3, -0.25) is 0 Å². The first-order valence-corrected chi connectivity index (χ1v) is 8.49. The van der Waals surface area contributed by atoms with E-state index in [0.29, 0.717) is 0 Å². The maximum absolute atomic E-state index is 4.69. The lowest BCUT2D eigenvalue weighted by atomic mass is 10.2. The van der Waals surface area contributed by atoms with Crippen molar-refractivity contribution in [3.63, 3.8) is 0 Å². The van der Waals surface area contributed by atoms with Crippen LogP contribution in [0.4, 0.5) is 5.13 Å². The molecule has 0 spiro atoms. The molecular formula is C14H15N5S2. The van der Waals surface area contributed by atoms with E-state index in [2.05, 4.69) is 20.5 Å². The van der Waals surface area contributed by atoms with E-state index >= 15 is 0 Å². The maximum atomic E-state index is 4.69. The summed E-state index contributed by atoms with van der Waals surface area (Å²) in [7, 11) is 0. The number of nitrogens with one attached hydrogen (secondary N) is 1. The van der Waals surface area contributed by atoms with Gasteiger partial charge in [0.25, 0.3) is 0 Å². The molecule has 0 amide bonds. The van der Waals surface area contributed by atoms with Crippen LogP contribution in [-0.4, -0.2) is 26.7 Å². The summed E-state index contributed by atoms with van der Waals surface area (Å²) in [5.41, 5.74) is 3.84. The van der Waals surface area contributed by atoms with E-state index in [0.717, 1.165) is 44.2 Å². The van der Waals surface area contributed by atoms with E-state index in [1.165, 1.54) is 0 Å². The van der Waals surface area contributed by atoms with Crippen LogP contribution in [-0.2, 0) is 5.75 Å². The molecule has 2 heterocycles. The molecule has 3 aromatic rings. The zero-order valence-corrected chi connectivity index (χ0v) is 13.5. The first-order chi connectivity index (χ1) is 10.3. The molecule has 0 aliphatic carbocycles. The third-order valence-corrected chi connectivity index (χ3v) is 4.94. The molecule has 7 heteroatoms. The van der Waals surface area contributed by atoms with Crippen molar-refractivity contribution in [3.05, 3.63) is 35.7 Å². The molecule has 0 unspecified atom stereocenters. The van der Waals surface area contributed by atoms with Crippen LogP contribution in [0.1, 0.15) is 18.3 Å². The number of aryl methyl sites for hydroxylation is 1. The fourth-order valence-electron chi connectivity index (χ4n) is 1.88. The van der Waals surface area contributed by atoms with Gasteiger partial charge in [-0.15, -0.1) is 10.2 Å². The van der Waals surface area contributed by atoms with Crippen LogP contribution < -0.4 is 5.32 Å². The fraction of sp³-hybridized carbons (Fsp3) is 0.286. The van der Waals surface area contributed by atoms with E-state index in [9.17, 15) is 0 Å². The SMILES string of the molecule is CCNc1nnc(SCc2nc3ccccc3nc2C)s1. The van der Waals surface area contributed by atoms with Crippen molar-refractivity contribution >= 4 is 39.3 Å². The van der Waals surface area contributed by atoms with Crippen molar-refractivity contribution in [1.82, 2.24) is 20.2 Å². The average Bonchev–Trinajstić information content (AvgIpc) is 2.93. The number of hydrogen-bond acceptors (Lipinski definition) is 7. The molecule has 0 aliphatic rings. The van der Waals surface area contributed by atoms with E-state index in [1.807, 2.05) is 38.1 Å². The molecule has 3 rings (SSSR count). The fourth-order valence-corrected chi connectivity index (χ4v) is 3.71. The molecule has 108 valence electrons. The van der Waals surface area contributed by atoms with Crippen LogP contribution in [0.15, 0.2) is 28.6 Å². The van der Waals surface area contributed by atoms with Gasteiger partial charge in [0.1, 0.15) is 0 Å². The molecule has 5 nitrogen and oxygen atoms in total. The summed E-state index contributed by atoms with van der Waals surface area (Å²) in [4.78, 5) is 9.29. The summed E-state index contributed by atoms with van der Waals surface area (Å²) in [5.74, 6) is 0.754. The van der Waals surface area contributed by atoms with Crippen LogP contribution in [0.3, 0.4) is 0 Å². The van der Waals surface area contributed by atoms with Gasteiger partial charge in [-0.2, -0.15) is 0 Å². The van der Waals surface area contributed by atoms with Crippen LogP contribution in [0.5, 0.6) is 0 Å². The molecule has 0 fully saturated rings. The van der Waals surface area contributed by atoms with E-state index in [4.69, 9.17) is 4.98 Å². The van der Waals surface area contributed by atoms with E-state index in [-0.39, 0.29) is 0 Å². The minimum absolute atomic E-state index is 0.754. The second-order valence-corrected chi connectivity index (χ2v) is 6.64. The number of aromatic nitrogens is 4. The Balaban J connectivity index is 1.76. The summed E-state index contributed by atoms with van der Waals surface area (Å²) >= 11 is 3.21. The number of benzene rings is 1. The van der Waals surface area contributed by atoms with Gasteiger partial charge in [-0.25, -0.2) is 9.97 Å². The molecular weight excluding hydrogens is 302 g/mol. The summed E-state index contributed by atoms with van der Waals surface area (Å²) in [5, 5.41) is 12.3. The second-order valence-electron chi connectivity index (χ2n) is 4.44. The highest BCUT2D eigenvalue weighted by molar-refractivity contribution is 8.00. The van der Waals surface area contributed by atoms with Crippen molar-refractivity contribution in [2.45, 2.75) is 23.9 Å². The summed E-state index contributed by atoms with van der Waals surface area (Å²) in [6.45, 7) is 4.90. The Morgan fingerprint density at radius 2 is 1.90 bits per heavy atom. The maximum Gasteiger partial charge on any atom is 0.206 e. The van der Waals surface area contributed by atoms with Gasteiger partial charge in [0.15, 0.2) is 4.34 Å². The van der Waals surface area contributed by atoms with Crippen molar-refractivity contribution in [2.24, 2.45) is 0 Å². The minimum Gasteiger partial charge on any atom is -0.360 e. The number of thioether (sulfide) groups is 1. The molecule has 1 aromatic carbocycles. The van der Waals surface area contributed by atoms with Gasteiger partial charge < -0.3 is 5.32 Å². The summed E-state index contributed by atoms with van der Waals surface area (Å²) in [6, 6.07) is 7.94. The Bertz CT molecular complexity index is 756. The Morgan fingerprint density at radius 3 is 2.67 bits per heavy atom. The molecule has 21 heavy (non-hydrogen) atoms. The van der Waals surface area contributed by atoms with Gasteiger partial charge in [0.05, 0.1) is 22.4 Å². The minimum atomic E-state index is 0.754. The zero-order valence-electron chi connectivity index (χ0n) is 11.8. The largest absolute Gasteiger partial charge is 0.360 e. The zero-order chi connectivity index (χ0) is 14.7. The van der Waals surface area contributed by atoms with Crippen molar-refractivity contribution in [2.75, 3.05) is 11.9 Å². The van der Waals surface area contributed by atoms with E-state index < -0.39 is 0 Å². The predicted octanol–water partition coefficient (Wildman–Crippen LogP) is 3.51. The van der Waals surface area contributed by atoms with Crippen LogP contribution in [0.25, 0.3) is 11.0 Å². The van der Waals surface area contributed by atoms with Gasteiger partial charge in [-0.1, -0.05) is 35.2 Å². The van der Waals surface area contributed by atoms with Gasteiger partial charge in [-0.05, 0) is 26.0 Å². The highest BCUT2D eigenvalue weighted by atomic mass is 32.2. The Morgan fingerprint density at radius 1 is 1.14 bits per heavy atom. The Kier molecular flexibility index (Phi) is 4.31. The lowest BCUT2D eigenvalue weighted by Crippen LogP contribution is -1.96. The second kappa shape index (κ2) is 6.36. The first-order valence-electron chi connectivity index (χ1n) is 6.68. The number of nitrogens with zero attached hydrogens (tertiary/aromatic N) is 4. The number of rotatable bonds is 5. The highest BCUT2D eigenvalue weighted by Gasteiger charge is 2.08. The van der Waals surface area contributed by atoms with Crippen molar-refractivity contribution in [3.8, 4) is 0 Å². The monoisotopic (exact) mass is 317 g/mol. The van der Waals surface area contributed by atoms with Crippen LogP contribution >= 0.6 is 23.1 Å². The lowest BCUT2D eigenvalue weighted by molar-refractivity contribution is 0.999. The number of fused-ring (bicyclic) bond motifs is 1. The number of para-hydroxylation sites is 2. The highest BCUT2D eigenvalue weighted by Crippen LogP contribution is 2.28. The van der Waals surface area contributed by atoms with Crippen LogP contribution in [0.2, 0.25) is 0 Å². The van der Waals surface area contributed by atoms with E-state index in [1.54, 1.807) is 23.1 Å². The van der Waals surface area contributed by atoms with Crippen molar-refractivity contribution < 1.29 is 0 Å². The molecule has 1 N–H and O–H groups in total. The van der Waals surface area contributed by atoms with Gasteiger partial charge in [0.2, 0.25) is 5.13 Å². The Hall–Kier alpha value is -1.73. The number of anilines is 1. The molecule has 0 bridgehead atoms. The molecule has 2 aromatic heterocycles. The van der Waals surface area contributed by atoms with Gasteiger partial charge in [0, 0.05) is 12.3 Å². The topological polar surface area (TPSA) is 63.6 Å². The average molecular weight is 317 g/mol. The lowest BCUT2D eigenvalue weighted by Gasteiger charge is -2.05.